The second kappa shape index (κ2) is 3.85. The summed E-state index contributed by atoms with van der Waals surface area (Å²) in [5, 5.41) is 16.2. The maximum Gasteiger partial charge on any atom is 0.370 e. The van der Waals surface area contributed by atoms with Gasteiger partial charge in [-0.05, 0) is 0 Å². The van der Waals surface area contributed by atoms with Gasteiger partial charge in [0, 0.05) is 0 Å². The van der Waals surface area contributed by atoms with Gasteiger partial charge >= 0.3 is 5.97 Å². The van der Waals surface area contributed by atoms with Crippen LogP contribution in [0.3, 0.4) is 0 Å². The van der Waals surface area contributed by atoms with E-state index < -0.39 is 11.8 Å². The fourth-order valence-corrected chi connectivity index (χ4v) is 0.238. The maximum atomic E-state index is 9.87. The lowest BCUT2D eigenvalue weighted by Crippen LogP contribution is -2.23. The molecule has 0 aromatic carbocycles. The molecule has 0 aromatic rings. The van der Waals surface area contributed by atoms with Crippen LogP contribution in [0.25, 0.3) is 0 Å². The summed E-state index contributed by atoms with van der Waals surface area (Å²) in [4.78, 5) is 13.2. The molecule has 0 amide bonds. The molecule has 0 rings (SSSR count). The Bertz CT molecular complexity index is 132. The zero-order valence-corrected chi connectivity index (χ0v) is 4.74. The molecule has 0 aliphatic rings. The second-order valence-electron chi connectivity index (χ2n) is 1.30. The number of aliphatic imine (C=N–C) groups is 1. The molecule has 9 heavy (non-hydrogen) atoms. The average Bonchev–Trinajstić information content (AvgIpc) is 1.82. The summed E-state index contributed by atoms with van der Waals surface area (Å²) in [6, 6.07) is 0. The van der Waals surface area contributed by atoms with E-state index in [4.69, 9.17) is 15.9 Å². The second-order valence-corrected chi connectivity index (χ2v) is 1.30. The number of hydrogen-bond acceptors (Lipinski definition) is 3. The lowest BCUT2D eigenvalue weighted by Gasteiger charge is -1.89. The van der Waals surface area contributed by atoms with Gasteiger partial charge in [0.2, 0.25) is 5.84 Å². The number of hydrogen-bond donors (Lipinski definition) is 3. The predicted molar refractivity (Wildman–Crippen MR) is 31.2 cm³/mol. The predicted octanol–water partition coefficient (Wildman–Crippen LogP) is -1.58. The van der Waals surface area contributed by atoms with Crippen molar-refractivity contribution < 1.29 is 15.0 Å². The third kappa shape index (κ3) is 3.48. The first-order valence-corrected chi connectivity index (χ1v) is 2.32. The minimum atomic E-state index is -1.26. The van der Waals surface area contributed by atoms with E-state index in [1.54, 1.807) is 0 Å². The third-order valence-corrected chi connectivity index (χ3v) is 0.601. The smallest absolute Gasteiger partial charge is 0.370 e. The SMILES string of the molecule is NC(=NCCO)C(=O)O. The molecule has 0 fully saturated rings. The number of carbonyl (C=O) groups is 1. The van der Waals surface area contributed by atoms with Gasteiger partial charge in [-0.2, -0.15) is 0 Å². The monoisotopic (exact) mass is 132 g/mol. The fraction of sp³-hybridized carbons (Fsp3) is 0.500. The highest BCUT2D eigenvalue weighted by Crippen LogP contribution is 1.70. The number of amidine groups is 1. The largest absolute Gasteiger partial charge is 0.475 e. The molecule has 0 radical (unpaired) electrons. The van der Waals surface area contributed by atoms with Gasteiger partial charge in [0.05, 0.1) is 13.2 Å². The molecule has 5 heteroatoms. The van der Waals surface area contributed by atoms with Crippen LogP contribution in [0.2, 0.25) is 0 Å². The number of nitrogens with zero attached hydrogens (tertiary/aromatic N) is 1. The minimum absolute atomic E-state index is 0.0398. The molecule has 5 nitrogen and oxygen atoms in total. The van der Waals surface area contributed by atoms with Crippen molar-refractivity contribution >= 4 is 11.8 Å². The van der Waals surface area contributed by atoms with Crippen molar-refractivity contribution in [3.8, 4) is 0 Å². The van der Waals surface area contributed by atoms with Crippen molar-refractivity contribution in [3.63, 3.8) is 0 Å². The molecule has 52 valence electrons. The molecular weight excluding hydrogens is 124 g/mol. The van der Waals surface area contributed by atoms with E-state index >= 15 is 0 Å². The van der Waals surface area contributed by atoms with Crippen LogP contribution in [-0.4, -0.2) is 35.2 Å². The Morgan fingerprint density at radius 1 is 1.67 bits per heavy atom. The molecule has 0 bridgehead atoms. The van der Waals surface area contributed by atoms with E-state index in [-0.39, 0.29) is 13.2 Å². The van der Waals surface area contributed by atoms with Gasteiger partial charge in [0.1, 0.15) is 0 Å². The summed E-state index contributed by atoms with van der Waals surface area (Å²) in [5.74, 6) is -1.73. The van der Waals surface area contributed by atoms with Crippen molar-refractivity contribution in [1.82, 2.24) is 0 Å². The molecule has 0 saturated heterocycles. The minimum Gasteiger partial charge on any atom is -0.475 e. The van der Waals surface area contributed by atoms with Crippen molar-refractivity contribution in [2.45, 2.75) is 0 Å². The number of carboxylic acids is 1. The number of aliphatic hydroxyl groups is 1. The fourth-order valence-electron chi connectivity index (χ4n) is 0.238. The Kier molecular flexibility index (Phi) is 3.38. The van der Waals surface area contributed by atoms with Crippen LogP contribution in [0.1, 0.15) is 0 Å². The number of rotatable bonds is 2. The summed E-state index contributed by atoms with van der Waals surface area (Å²) in [6.07, 6.45) is 0. The summed E-state index contributed by atoms with van der Waals surface area (Å²) in [7, 11) is 0. The summed E-state index contributed by atoms with van der Waals surface area (Å²) in [5.41, 5.74) is 4.84. The normalized spacial score (nSPS) is 11.4. The van der Waals surface area contributed by atoms with Gasteiger partial charge < -0.3 is 15.9 Å². The third-order valence-electron chi connectivity index (χ3n) is 0.601. The quantitative estimate of drug-likeness (QED) is 0.312. The topological polar surface area (TPSA) is 95.9 Å². The van der Waals surface area contributed by atoms with Gasteiger partial charge in [-0.3, -0.25) is 4.99 Å². The highest BCUT2D eigenvalue weighted by molar-refractivity contribution is 6.33. The zero-order chi connectivity index (χ0) is 7.28. The number of aliphatic carboxylic acids is 1. The van der Waals surface area contributed by atoms with Crippen LogP contribution in [0.4, 0.5) is 0 Å². The van der Waals surface area contributed by atoms with Crippen LogP contribution in [0.15, 0.2) is 4.99 Å². The molecule has 0 spiro atoms. The Balaban J connectivity index is 3.69. The standard InChI is InChI=1S/C4H8N2O3/c5-3(4(8)9)6-1-2-7/h7H,1-2H2,(H2,5,6)(H,8,9). The molecular formula is C4H8N2O3. The Hall–Kier alpha value is -1.10. The molecule has 0 saturated carbocycles. The molecule has 0 aliphatic carbocycles. The van der Waals surface area contributed by atoms with E-state index in [9.17, 15) is 4.79 Å². The van der Waals surface area contributed by atoms with Gasteiger partial charge in [0.15, 0.2) is 0 Å². The van der Waals surface area contributed by atoms with E-state index in [1.165, 1.54) is 0 Å². The van der Waals surface area contributed by atoms with Crippen molar-refractivity contribution in [2.75, 3.05) is 13.2 Å². The molecule has 0 aromatic heterocycles. The summed E-state index contributed by atoms with van der Waals surface area (Å²) >= 11 is 0. The van der Waals surface area contributed by atoms with Gasteiger partial charge in [-0.1, -0.05) is 0 Å². The van der Waals surface area contributed by atoms with Crippen molar-refractivity contribution in [3.05, 3.63) is 0 Å². The molecule has 4 N–H and O–H groups in total. The molecule has 0 heterocycles. The zero-order valence-electron chi connectivity index (χ0n) is 4.74. The summed E-state index contributed by atoms with van der Waals surface area (Å²) in [6.45, 7) is -0.147. The number of aliphatic hydroxyl groups excluding tert-OH is 1. The Morgan fingerprint density at radius 2 is 2.22 bits per heavy atom. The highest BCUT2D eigenvalue weighted by Gasteiger charge is 1.99. The van der Waals surface area contributed by atoms with Crippen molar-refractivity contribution in [2.24, 2.45) is 10.7 Å². The van der Waals surface area contributed by atoms with E-state index in [1.807, 2.05) is 0 Å². The first-order valence-electron chi connectivity index (χ1n) is 2.32. The van der Waals surface area contributed by atoms with Crippen LogP contribution < -0.4 is 5.73 Å². The van der Waals surface area contributed by atoms with Crippen LogP contribution in [-0.2, 0) is 4.79 Å². The Morgan fingerprint density at radius 3 is 2.56 bits per heavy atom. The van der Waals surface area contributed by atoms with Crippen LogP contribution in [0.5, 0.6) is 0 Å². The number of nitrogens with two attached hydrogens (primary N) is 1. The lowest BCUT2D eigenvalue weighted by atomic mass is 10.6. The average molecular weight is 132 g/mol. The van der Waals surface area contributed by atoms with E-state index in [0.29, 0.717) is 0 Å². The summed E-state index contributed by atoms with van der Waals surface area (Å²) < 4.78 is 0. The highest BCUT2D eigenvalue weighted by atomic mass is 16.4. The van der Waals surface area contributed by atoms with Crippen LogP contribution in [0, 0.1) is 0 Å². The number of carboxylic acid groups (broad SMARTS) is 1. The first-order chi connectivity index (χ1) is 4.18. The first kappa shape index (κ1) is 7.90. The molecule has 0 aliphatic heterocycles. The van der Waals surface area contributed by atoms with E-state index in [0.717, 1.165) is 0 Å². The van der Waals surface area contributed by atoms with Crippen molar-refractivity contribution in [1.29, 1.82) is 0 Å². The molecule has 0 atom stereocenters. The van der Waals surface area contributed by atoms with Gasteiger partial charge in [-0.15, -0.1) is 0 Å². The Labute approximate surface area is 51.8 Å². The van der Waals surface area contributed by atoms with Gasteiger partial charge in [-0.25, -0.2) is 4.79 Å². The van der Waals surface area contributed by atoms with Gasteiger partial charge in [0.25, 0.3) is 0 Å². The van der Waals surface area contributed by atoms with Crippen LogP contribution >= 0.6 is 0 Å². The molecule has 0 unspecified atom stereocenters. The lowest BCUT2D eigenvalue weighted by molar-refractivity contribution is -0.129. The maximum absolute atomic E-state index is 9.87. The van der Waals surface area contributed by atoms with E-state index in [2.05, 4.69) is 4.99 Å².